The van der Waals surface area contributed by atoms with E-state index in [1.165, 1.54) is 16.7 Å². The molecule has 38 heavy (non-hydrogen) atoms. The number of anilines is 1. The highest BCUT2D eigenvalue weighted by atomic mass is 16.5. The SMILES string of the molecule is COc1ccc(-c2cnoc2-c2cc(C)c(C)c(OC)c2)cc1NC(=O)C([NH3+])CC1=Cc2ccccc2C1. The number of methoxy groups -OCH3 is 2. The van der Waals surface area contributed by atoms with Crippen molar-refractivity contribution in [3.63, 3.8) is 0 Å². The summed E-state index contributed by atoms with van der Waals surface area (Å²) < 4.78 is 16.8. The van der Waals surface area contributed by atoms with Crippen LogP contribution < -0.4 is 20.5 Å². The van der Waals surface area contributed by atoms with Crippen LogP contribution in [-0.2, 0) is 11.2 Å². The molecule has 1 atom stereocenters. The van der Waals surface area contributed by atoms with Crippen LogP contribution in [0.15, 0.2) is 70.9 Å². The molecule has 1 aliphatic rings. The van der Waals surface area contributed by atoms with Gasteiger partial charge in [-0.2, -0.15) is 0 Å². The second kappa shape index (κ2) is 10.6. The predicted octanol–water partition coefficient (Wildman–Crippen LogP) is 5.22. The summed E-state index contributed by atoms with van der Waals surface area (Å²) >= 11 is 0. The smallest absolute Gasteiger partial charge is 0.282 e. The summed E-state index contributed by atoms with van der Waals surface area (Å²) in [6.45, 7) is 4.06. The normalized spacial score (nSPS) is 13.0. The Morgan fingerprint density at radius 2 is 1.84 bits per heavy atom. The minimum Gasteiger partial charge on any atom is -0.496 e. The highest BCUT2D eigenvalue weighted by molar-refractivity contribution is 5.96. The third kappa shape index (κ3) is 4.93. The number of carbonyl (C=O) groups excluding carboxylic acids is 1. The maximum absolute atomic E-state index is 13.2. The Morgan fingerprint density at radius 3 is 2.61 bits per heavy atom. The molecule has 1 heterocycles. The Morgan fingerprint density at radius 1 is 1.05 bits per heavy atom. The number of hydrogen-bond donors (Lipinski definition) is 2. The van der Waals surface area contributed by atoms with Crippen LogP contribution in [0.1, 0.15) is 28.7 Å². The quantitative estimate of drug-likeness (QED) is 0.338. The van der Waals surface area contributed by atoms with Crippen LogP contribution in [0.4, 0.5) is 5.69 Å². The van der Waals surface area contributed by atoms with Crippen molar-refractivity contribution >= 4 is 17.7 Å². The number of aryl methyl sites for hydroxylation is 1. The van der Waals surface area contributed by atoms with Crippen LogP contribution in [0.2, 0.25) is 0 Å². The second-order valence-corrected chi connectivity index (χ2v) is 9.67. The number of fused-ring (bicyclic) bond motifs is 1. The summed E-state index contributed by atoms with van der Waals surface area (Å²) in [4.78, 5) is 13.2. The number of nitrogens with zero attached hydrogens (tertiary/aromatic N) is 1. The lowest BCUT2D eigenvalue weighted by molar-refractivity contribution is -0.401. The fraction of sp³-hybridized carbons (Fsp3) is 0.226. The van der Waals surface area contributed by atoms with Crippen LogP contribution in [0.25, 0.3) is 28.5 Å². The first-order valence-corrected chi connectivity index (χ1v) is 12.6. The van der Waals surface area contributed by atoms with Crippen molar-refractivity contribution in [1.82, 2.24) is 5.16 Å². The van der Waals surface area contributed by atoms with Crippen molar-refractivity contribution in [3.05, 3.63) is 88.6 Å². The fourth-order valence-electron chi connectivity index (χ4n) is 4.92. The molecule has 1 amide bonds. The van der Waals surface area contributed by atoms with E-state index in [0.29, 0.717) is 23.6 Å². The highest BCUT2D eigenvalue weighted by Gasteiger charge is 2.24. The third-order valence-electron chi connectivity index (χ3n) is 7.15. The molecule has 0 spiro atoms. The molecular formula is C31H32N3O4+. The standard InChI is InChI=1S/C31H31N3O4/c1-18-11-24(16-29(37-4)19(18)2)30-25(17-33-38-30)23-9-10-28(36-3)27(15-23)34-31(35)26(32)14-20-12-21-7-5-6-8-22(21)13-20/h5-12,15-17,26H,13-14,32H2,1-4H3,(H,34,35)/p+1. The van der Waals surface area contributed by atoms with Crippen LogP contribution in [0.3, 0.4) is 0 Å². The first-order valence-electron chi connectivity index (χ1n) is 12.6. The summed E-state index contributed by atoms with van der Waals surface area (Å²) in [7, 11) is 3.24. The number of quaternary nitrogens is 1. The zero-order valence-electron chi connectivity index (χ0n) is 22.1. The van der Waals surface area contributed by atoms with Gasteiger partial charge in [-0.25, -0.2) is 0 Å². The first-order chi connectivity index (χ1) is 18.4. The molecule has 7 nitrogen and oxygen atoms in total. The molecule has 0 fully saturated rings. The van der Waals surface area contributed by atoms with E-state index in [4.69, 9.17) is 14.0 Å². The van der Waals surface area contributed by atoms with Gasteiger partial charge in [0.2, 0.25) is 0 Å². The molecular weight excluding hydrogens is 478 g/mol. The van der Waals surface area contributed by atoms with E-state index in [0.717, 1.165) is 40.0 Å². The number of hydrogen-bond acceptors (Lipinski definition) is 5. The minimum absolute atomic E-state index is 0.165. The number of benzene rings is 3. The Kier molecular flexibility index (Phi) is 7.03. The Bertz CT molecular complexity index is 1540. The van der Waals surface area contributed by atoms with Gasteiger partial charge in [0, 0.05) is 17.5 Å². The summed E-state index contributed by atoms with van der Waals surface area (Å²) in [5, 5.41) is 7.10. The number of carbonyl (C=O) groups is 1. The maximum atomic E-state index is 13.2. The number of ether oxygens (including phenoxy) is 2. The molecule has 0 radical (unpaired) electrons. The summed E-state index contributed by atoms with van der Waals surface area (Å²) in [5.74, 6) is 1.80. The second-order valence-electron chi connectivity index (χ2n) is 9.67. The molecule has 1 unspecified atom stereocenters. The zero-order chi connectivity index (χ0) is 26.8. The van der Waals surface area contributed by atoms with E-state index in [1.807, 2.05) is 50.2 Å². The number of amides is 1. The Balaban J connectivity index is 1.38. The number of nitrogens with one attached hydrogen (secondary N) is 1. The zero-order valence-corrected chi connectivity index (χ0v) is 22.1. The third-order valence-corrected chi connectivity index (χ3v) is 7.15. The molecule has 3 aromatic carbocycles. The van der Waals surface area contributed by atoms with E-state index < -0.39 is 6.04 Å². The fourth-order valence-corrected chi connectivity index (χ4v) is 4.92. The molecule has 194 valence electrons. The van der Waals surface area contributed by atoms with Gasteiger partial charge in [-0.1, -0.05) is 47.1 Å². The van der Waals surface area contributed by atoms with Crippen LogP contribution in [0.5, 0.6) is 11.5 Å². The van der Waals surface area contributed by atoms with Crippen molar-refractivity contribution in [1.29, 1.82) is 0 Å². The van der Waals surface area contributed by atoms with Crippen LogP contribution in [0, 0.1) is 13.8 Å². The van der Waals surface area contributed by atoms with Gasteiger partial charge in [-0.05, 0) is 72.4 Å². The summed E-state index contributed by atoms with van der Waals surface area (Å²) in [5.41, 5.74) is 13.1. The average molecular weight is 511 g/mol. The van der Waals surface area contributed by atoms with E-state index in [-0.39, 0.29) is 5.91 Å². The molecule has 0 saturated heterocycles. The van der Waals surface area contributed by atoms with E-state index in [1.54, 1.807) is 20.4 Å². The van der Waals surface area contributed by atoms with Crippen molar-refractivity contribution in [2.45, 2.75) is 32.7 Å². The van der Waals surface area contributed by atoms with Gasteiger partial charge in [-0.15, -0.1) is 0 Å². The molecule has 4 N–H and O–H groups in total. The molecule has 4 aromatic rings. The molecule has 7 heteroatoms. The molecule has 1 aromatic heterocycles. The lowest BCUT2D eigenvalue weighted by atomic mass is 9.98. The Labute approximate surface area is 222 Å². The lowest BCUT2D eigenvalue weighted by Crippen LogP contribution is -2.66. The van der Waals surface area contributed by atoms with Gasteiger partial charge in [-0.3, -0.25) is 4.79 Å². The lowest BCUT2D eigenvalue weighted by Gasteiger charge is -2.15. The van der Waals surface area contributed by atoms with E-state index >= 15 is 0 Å². The number of aromatic nitrogens is 1. The average Bonchev–Trinajstić information content (AvgIpc) is 3.57. The molecule has 5 rings (SSSR count). The number of rotatable bonds is 8. The predicted molar refractivity (Wildman–Crippen MR) is 148 cm³/mol. The van der Waals surface area contributed by atoms with Gasteiger partial charge >= 0.3 is 0 Å². The summed E-state index contributed by atoms with van der Waals surface area (Å²) in [6.07, 6.45) is 5.29. The van der Waals surface area contributed by atoms with Crippen molar-refractivity contribution < 1.29 is 24.5 Å². The monoisotopic (exact) mass is 510 g/mol. The topological polar surface area (TPSA) is 101 Å². The van der Waals surface area contributed by atoms with E-state index in [9.17, 15) is 4.79 Å². The van der Waals surface area contributed by atoms with Crippen molar-refractivity contribution in [2.24, 2.45) is 0 Å². The summed E-state index contributed by atoms with van der Waals surface area (Å²) in [6, 6.07) is 17.5. The van der Waals surface area contributed by atoms with Gasteiger partial charge in [0.05, 0.1) is 26.1 Å². The Hall–Kier alpha value is -4.36. The molecule has 0 aliphatic heterocycles. The first kappa shape index (κ1) is 25.3. The van der Waals surface area contributed by atoms with Gasteiger partial charge < -0.3 is 25.0 Å². The van der Waals surface area contributed by atoms with Crippen molar-refractivity contribution in [2.75, 3.05) is 19.5 Å². The van der Waals surface area contributed by atoms with Gasteiger partial charge in [0.1, 0.15) is 11.5 Å². The van der Waals surface area contributed by atoms with Gasteiger partial charge in [0.15, 0.2) is 11.8 Å². The van der Waals surface area contributed by atoms with Crippen LogP contribution in [-0.4, -0.2) is 31.3 Å². The van der Waals surface area contributed by atoms with Crippen LogP contribution >= 0.6 is 0 Å². The van der Waals surface area contributed by atoms with E-state index in [2.05, 4.69) is 40.5 Å². The molecule has 0 bridgehead atoms. The molecule has 1 aliphatic carbocycles. The van der Waals surface area contributed by atoms with Gasteiger partial charge in [0.25, 0.3) is 5.91 Å². The molecule has 0 saturated carbocycles. The largest absolute Gasteiger partial charge is 0.496 e. The van der Waals surface area contributed by atoms with Crippen molar-refractivity contribution in [3.8, 4) is 33.9 Å². The highest BCUT2D eigenvalue weighted by Crippen LogP contribution is 2.38. The maximum Gasteiger partial charge on any atom is 0.282 e. The minimum atomic E-state index is -0.446.